The Labute approximate surface area is 140 Å². The van der Waals surface area contributed by atoms with E-state index >= 15 is 0 Å². The van der Waals surface area contributed by atoms with E-state index in [0.29, 0.717) is 10.6 Å². The number of benzene rings is 2. The molecule has 4 heteroatoms. The second-order valence-electron chi connectivity index (χ2n) is 5.74. The number of nitrogens with one attached hydrogen (secondary N) is 2. The van der Waals surface area contributed by atoms with Crippen LogP contribution in [0.15, 0.2) is 54.7 Å². The number of fused-ring (bicyclic) bond motifs is 1. The SMILES string of the molecule is C[C@@H](N[C@H](C)c1ccccc1Cl)C(=O)c1c[nH]c2ccccc12. The minimum Gasteiger partial charge on any atom is -0.360 e. The lowest BCUT2D eigenvalue weighted by atomic mass is 10.0. The molecule has 1 heterocycles. The molecule has 3 rings (SSSR count). The summed E-state index contributed by atoms with van der Waals surface area (Å²) in [7, 11) is 0. The summed E-state index contributed by atoms with van der Waals surface area (Å²) in [5.74, 6) is 0.0707. The summed E-state index contributed by atoms with van der Waals surface area (Å²) >= 11 is 6.23. The van der Waals surface area contributed by atoms with Crippen molar-refractivity contribution in [1.82, 2.24) is 10.3 Å². The van der Waals surface area contributed by atoms with Gasteiger partial charge in [0.05, 0.1) is 6.04 Å². The van der Waals surface area contributed by atoms with Crippen molar-refractivity contribution in [2.45, 2.75) is 25.9 Å². The van der Waals surface area contributed by atoms with E-state index in [2.05, 4.69) is 10.3 Å². The molecule has 23 heavy (non-hydrogen) atoms. The van der Waals surface area contributed by atoms with E-state index in [4.69, 9.17) is 11.6 Å². The Bertz CT molecular complexity index is 840. The van der Waals surface area contributed by atoms with Gasteiger partial charge < -0.3 is 10.3 Å². The van der Waals surface area contributed by atoms with Gasteiger partial charge in [-0.2, -0.15) is 0 Å². The summed E-state index contributed by atoms with van der Waals surface area (Å²) in [4.78, 5) is 15.9. The third-order valence-corrected chi connectivity index (χ3v) is 4.46. The van der Waals surface area contributed by atoms with Crippen LogP contribution in [0.1, 0.15) is 35.8 Å². The smallest absolute Gasteiger partial charge is 0.181 e. The van der Waals surface area contributed by atoms with Gasteiger partial charge in [-0.3, -0.25) is 4.79 Å². The molecule has 0 amide bonds. The highest BCUT2D eigenvalue weighted by atomic mass is 35.5. The number of Topliss-reactive ketones (excluding diaryl/α,β-unsaturated/α-hetero) is 1. The predicted octanol–water partition coefficient (Wildman–Crippen LogP) is 4.74. The van der Waals surface area contributed by atoms with Crippen molar-refractivity contribution in [3.05, 3.63) is 70.9 Å². The van der Waals surface area contributed by atoms with Gasteiger partial charge in [-0.1, -0.05) is 48.0 Å². The number of carbonyl (C=O) groups excluding carboxylic acids is 1. The Hall–Kier alpha value is -2.10. The number of H-pyrrole nitrogens is 1. The molecule has 2 atom stereocenters. The normalized spacial score (nSPS) is 13.9. The van der Waals surface area contributed by atoms with Crippen LogP contribution in [-0.2, 0) is 0 Å². The van der Waals surface area contributed by atoms with Crippen LogP contribution < -0.4 is 5.32 Å². The number of aromatic nitrogens is 1. The lowest BCUT2D eigenvalue weighted by Gasteiger charge is -2.20. The fraction of sp³-hybridized carbons (Fsp3) is 0.211. The zero-order valence-corrected chi connectivity index (χ0v) is 13.9. The summed E-state index contributed by atoms with van der Waals surface area (Å²) in [6, 6.07) is 15.2. The van der Waals surface area contributed by atoms with E-state index in [1.165, 1.54) is 0 Å². The molecule has 0 spiro atoms. The lowest BCUT2D eigenvalue weighted by Crippen LogP contribution is -2.35. The summed E-state index contributed by atoms with van der Waals surface area (Å²) < 4.78 is 0. The molecule has 3 nitrogen and oxygen atoms in total. The van der Waals surface area contributed by atoms with E-state index in [1.807, 2.05) is 62.4 Å². The molecule has 0 unspecified atom stereocenters. The highest BCUT2D eigenvalue weighted by Gasteiger charge is 2.21. The average molecular weight is 327 g/mol. The Morgan fingerprint density at radius 2 is 1.78 bits per heavy atom. The monoisotopic (exact) mass is 326 g/mol. The number of hydrogen-bond donors (Lipinski definition) is 2. The van der Waals surface area contributed by atoms with Crippen LogP contribution >= 0.6 is 11.6 Å². The Kier molecular flexibility index (Phi) is 4.51. The Balaban J connectivity index is 1.79. The molecule has 1 aromatic heterocycles. The lowest BCUT2D eigenvalue weighted by molar-refractivity contribution is 0.0947. The largest absolute Gasteiger partial charge is 0.360 e. The maximum atomic E-state index is 12.8. The van der Waals surface area contributed by atoms with Crippen molar-refractivity contribution in [2.24, 2.45) is 0 Å². The first-order valence-electron chi connectivity index (χ1n) is 7.68. The summed E-state index contributed by atoms with van der Waals surface area (Å²) in [5, 5.41) is 5.00. The van der Waals surface area contributed by atoms with Gasteiger partial charge in [0.25, 0.3) is 0 Å². The Morgan fingerprint density at radius 1 is 1.09 bits per heavy atom. The Morgan fingerprint density at radius 3 is 2.57 bits per heavy atom. The van der Waals surface area contributed by atoms with Gasteiger partial charge in [0.2, 0.25) is 0 Å². The first-order chi connectivity index (χ1) is 11.1. The van der Waals surface area contributed by atoms with Crippen molar-refractivity contribution in [3.8, 4) is 0 Å². The van der Waals surface area contributed by atoms with Gasteiger partial charge in [-0.15, -0.1) is 0 Å². The maximum absolute atomic E-state index is 12.8. The number of aromatic amines is 1. The summed E-state index contributed by atoms with van der Waals surface area (Å²) in [5.41, 5.74) is 2.68. The molecule has 0 aliphatic heterocycles. The van der Waals surface area contributed by atoms with E-state index in [1.54, 1.807) is 6.20 Å². The third kappa shape index (κ3) is 3.16. The minimum absolute atomic E-state index is 0.00661. The molecule has 0 fully saturated rings. The standard InChI is InChI=1S/C19H19ClN2O/c1-12(14-7-3-5-9-17(14)20)22-13(2)19(23)16-11-21-18-10-6-4-8-15(16)18/h3-13,21-22H,1-2H3/t12-,13-/m1/s1. The summed E-state index contributed by atoms with van der Waals surface area (Å²) in [6.07, 6.45) is 1.78. The molecule has 118 valence electrons. The number of ketones is 1. The van der Waals surface area contributed by atoms with Gasteiger partial charge in [0, 0.05) is 33.7 Å². The fourth-order valence-corrected chi connectivity index (χ4v) is 3.17. The zero-order chi connectivity index (χ0) is 16.4. The van der Waals surface area contributed by atoms with Crippen LogP contribution in [0.5, 0.6) is 0 Å². The van der Waals surface area contributed by atoms with Crippen LogP contribution in [0.2, 0.25) is 5.02 Å². The van der Waals surface area contributed by atoms with Gasteiger partial charge in [0.15, 0.2) is 5.78 Å². The van der Waals surface area contributed by atoms with Crippen molar-refractivity contribution < 1.29 is 4.79 Å². The zero-order valence-electron chi connectivity index (χ0n) is 13.1. The van der Waals surface area contributed by atoms with E-state index < -0.39 is 0 Å². The highest BCUT2D eigenvalue weighted by molar-refractivity contribution is 6.31. The fourth-order valence-electron chi connectivity index (χ4n) is 2.88. The second-order valence-corrected chi connectivity index (χ2v) is 6.15. The number of para-hydroxylation sites is 1. The van der Waals surface area contributed by atoms with Crippen molar-refractivity contribution >= 4 is 28.3 Å². The first-order valence-corrected chi connectivity index (χ1v) is 8.06. The molecule has 3 aromatic rings. The highest BCUT2D eigenvalue weighted by Crippen LogP contribution is 2.24. The number of halogens is 1. The molecular formula is C19H19ClN2O. The molecule has 0 saturated carbocycles. The molecule has 2 N–H and O–H groups in total. The molecule has 0 saturated heterocycles. The number of hydrogen-bond acceptors (Lipinski definition) is 2. The quantitative estimate of drug-likeness (QED) is 0.665. The molecule has 0 bridgehead atoms. The van der Waals surface area contributed by atoms with E-state index in [-0.39, 0.29) is 17.9 Å². The molecule has 0 aliphatic carbocycles. The molecule has 0 aliphatic rings. The van der Waals surface area contributed by atoms with Crippen LogP contribution in [-0.4, -0.2) is 16.8 Å². The molecular weight excluding hydrogens is 308 g/mol. The van der Waals surface area contributed by atoms with Gasteiger partial charge >= 0.3 is 0 Å². The third-order valence-electron chi connectivity index (χ3n) is 4.12. The van der Waals surface area contributed by atoms with E-state index in [0.717, 1.165) is 16.5 Å². The van der Waals surface area contributed by atoms with Crippen LogP contribution in [0.4, 0.5) is 0 Å². The molecule has 2 aromatic carbocycles. The molecule has 0 radical (unpaired) electrons. The van der Waals surface area contributed by atoms with Gasteiger partial charge in [-0.05, 0) is 31.5 Å². The van der Waals surface area contributed by atoms with Crippen molar-refractivity contribution in [1.29, 1.82) is 0 Å². The second kappa shape index (κ2) is 6.57. The van der Waals surface area contributed by atoms with Crippen LogP contribution in [0.3, 0.4) is 0 Å². The van der Waals surface area contributed by atoms with Crippen molar-refractivity contribution in [2.75, 3.05) is 0 Å². The van der Waals surface area contributed by atoms with Crippen LogP contribution in [0, 0.1) is 0 Å². The minimum atomic E-state index is -0.305. The van der Waals surface area contributed by atoms with E-state index in [9.17, 15) is 4.79 Å². The predicted molar refractivity (Wildman–Crippen MR) is 95.1 cm³/mol. The van der Waals surface area contributed by atoms with Crippen molar-refractivity contribution in [3.63, 3.8) is 0 Å². The number of rotatable bonds is 5. The summed E-state index contributed by atoms with van der Waals surface area (Å²) in [6.45, 7) is 3.90. The van der Waals surface area contributed by atoms with Gasteiger partial charge in [0.1, 0.15) is 0 Å². The topological polar surface area (TPSA) is 44.9 Å². The average Bonchev–Trinajstić information content (AvgIpc) is 2.98. The maximum Gasteiger partial charge on any atom is 0.181 e. The van der Waals surface area contributed by atoms with Gasteiger partial charge in [-0.25, -0.2) is 0 Å². The number of carbonyl (C=O) groups is 1. The van der Waals surface area contributed by atoms with Crippen LogP contribution in [0.25, 0.3) is 10.9 Å². The first kappa shape index (κ1) is 15.8.